The third kappa shape index (κ3) is 5.03. The van der Waals surface area contributed by atoms with Crippen molar-refractivity contribution < 1.29 is 13.9 Å². The second-order valence-corrected chi connectivity index (χ2v) is 7.57. The molecule has 2 heterocycles. The Labute approximate surface area is 173 Å². The van der Waals surface area contributed by atoms with Crippen LogP contribution in [0.2, 0.25) is 0 Å². The third-order valence-corrected chi connectivity index (χ3v) is 5.40. The number of benzene rings is 1. The molecular formula is C22H24N2O4S. The summed E-state index contributed by atoms with van der Waals surface area (Å²) in [6, 6.07) is 7.12. The van der Waals surface area contributed by atoms with Crippen LogP contribution in [0.25, 0.3) is 11.0 Å². The molecule has 0 saturated heterocycles. The first kappa shape index (κ1) is 21.0. The summed E-state index contributed by atoms with van der Waals surface area (Å²) in [6.45, 7) is 5.92. The van der Waals surface area contributed by atoms with Gasteiger partial charge >= 0.3 is 11.6 Å². The minimum atomic E-state index is -0.450. The van der Waals surface area contributed by atoms with Gasteiger partial charge in [-0.3, -0.25) is 4.79 Å². The molecule has 0 spiro atoms. The lowest BCUT2D eigenvalue weighted by atomic mass is 10.1. The van der Waals surface area contributed by atoms with Gasteiger partial charge in [-0.05, 0) is 50.1 Å². The van der Waals surface area contributed by atoms with E-state index >= 15 is 0 Å². The van der Waals surface area contributed by atoms with E-state index in [0.29, 0.717) is 17.6 Å². The molecule has 7 heteroatoms. The molecule has 0 aliphatic rings. The predicted molar refractivity (Wildman–Crippen MR) is 113 cm³/mol. The van der Waals surface area contributed by atoms with Gasteiger partial charge < -0.3 is 9.15 Å². The maximum atomic E-state index is 12.3. The Morgan fingerprint density at radius 3 is 2.55 bits per heavy atom. The zero-order valence-electron chi connectivity index (χ0n) is 17.1. The van der Waals surface area contributed by atoms with Gasteiger partial charge in [0.2, 0.25) is 0 Å². The largest absolute Gasteiger partial charge is 0.461 e. The second-order valence-electron chi connectivity index (χ2n) is 6.80. The molecule has 0 atom stereocenters. The Morgan fingerprint density at radius 2 is 1.90 bits per heavy atom. The van der Waals surface area contributed by atoms with Crippen LogP contribution < -0.4 is 5.63 Å². The van der Waals surface area contributed by atoms with E-state index in [2.05, 4.69) is 9.97 Å². The van der Waals surface area contributed by atoms with Crippen LogP contribution in [-0.4, -0.2) is 22.2 Å². The molecule has 0 saturated carbocycles. The van der Waals surface area contributed by atoms with Crippen LogP contribution in [0.3, 0.4) is 0 Å². The van der Waals surface area contributed by atoms with Crippen molar-refractivity contribution >= 4 is 28.7 Å². The van der Waals surface area contributed by atoms with Crippen molar-refractivity contribution in [3.63, 3.8) is 0 Å². The summed E-state index contributed by atoms with van der Waals surface area (Å²) in [5.41, 5.74) is 4.52. The highest BCUT2D eigenvalue weighted by Crippen LogP contribution is 2.21. The Kier molecular flexibility index (Phi) is 6.69. The lowest BCUT2D eigenvalue weighted by Crippen LogP contribution is -2.10. The van der Waals surface area contributed by atoms with Gasteiger partial charge in [0.1, 0.15) is 12.2 Å². The first-order chi connectivity index (χ1) is 13.9. The molecule has 0 N–H and O–H groups in total. The van der Waals surface area contributed by atoms with Crippen LogP contribution >= 0.6 is 11.8 Å². The fourth-order valence-electron chi connectivity index (χ4n) is 3.23. The van der Waals surface area contributed by atoms with E-state index in [1.807, 2.05) is 45.2 Å². The number of fused-ring (bicyclic) bond motifs is 1. The van der Waals surface area contributed by atoms with Gasteiger partial charge in [-0.2, -0.15) is 0 Å². The summed E-state index contributed by atoms with van der Waals surface area (Å²) < 4.78 is 10.7. The number of aryl methyl sites for hydroxylation is 3. The van der Waals surface area contributed by atoms with Crippen LogP contribution in [0.4, 0.5) is 0 Å². The van der Waals surface area contributed by atoms with Crippen molar-refractivity contribution in [3.05, 3.63) is 62.8 Å². The molecule has 0 bridgehead atoms. The predicted octanol–water partition coefficient (Wildman–Crippen LogP) is 4.16. The molecular weight excluding hydrogens is 388 g/mol. The molecule has 0 radical (unpaired) electrons. The number of aromatic nitrogens is 2. The van der Waals surface area contributed by atoms with Crippen LogP contribution in [0.1, 0.15) is 41.4 Å². The molecule has 3 rings (SSSR count). The van der Waals surface area contributed by atoms with Crippen molar-refractivity contribution in [1.82, 2.24) is 9.97 Å². The van der Waals surface area contributed by atoms with E-state index < -0.39 is 5.63 Å². The summed E-state index contributed by atoms with van der Waals surface area (Å²) in [7, 11) is 0. The molecule has 29 heavy (non-hydrogen) atoms. The highest BCUT2D eigenvalue weighted by Gasteiger charge is 2.13. The molecule has 0 unspecified atom stereocenters. The van der Waals surface area contributed by atoms with Gasteiger partial charge in [0.05, 0.1) is 0 Å². The van der Waals surface area contributed by atoms with Gasteiger partial charge in [-0.15, -0.1) is 0 Å². The zero-order valence-corrected chi connectivity index (χ0v) is 17.9. The van der Waals surface area contributed by atoms with Crippen molar-refractivity contribution in [3.8, 4) is 0 Å². The Balaban J connectivity index is 1.68. The van der Waals surface area contributed by atoms with Crippen molar-refractivity contribution in [1.29, 1.82) is 0 Å². The topological polar surface area (TPSA) is 82.3 Å². The molecule has 3 aromatic rings. The van der Waals surface area contributed by atoms with E-state index in [4.69, 9.17) is 9.15 Å². The number of rotatable bonds is 7. The molecule has 1 aromatic carbocycles. The number of carbonyl (C=O) groups is 1. The first-order valence-electron chi connectivity index (χ1n) is 9.50. The van der Waals surface area contributed by atoms with E-state index in [1.54, 1.807) is 0 Å². The van der Waals surface area contributed by atoms with Crippen molar-refractivity contribution in [2.45, 2.75) is 51.8 Å². The van der Waals surface area contributed by atoms with Crippen LogP contribution in [0, 0.1) is 13.8 Å². The molecule has 2 aromatic heterocycles. The smallest absolute Gasteiger partial charge is 0.336 e. The summed E-state index contributed by atoms with van der Waals surface area (Å²) >= 11 is 1.49. The van der Waals surface area contributed by atoms with Gasteiger partial charge in [0, 0.05) is 34.8 Å². The quantitative estimate of drug-likeness (QED) is 0.249. The average molecular weight is 413 g/mol. The summed E-state index contributed by atoms with van der Waals surface area (Å²) in [4.78, 5) is 33.0. The third-order valence-electron chi connectivity index (χ3n) is 4.85. The number of nitrogens with zero attached hydrogens (tertiary/aromatic N) is 2. The van der Waals surface area contributed by atoms with E-state index in [-0.39, 0.29) is 19.0 Å². The SMILES string of the molecule is CCc1ccc2c(COC(=O)CCc3c(C)nc(SC)nc3C)cc(=O)oc2c1. The van der Waals surface area contributed by atoms with Crippen LogP contribution in [0.15, 0.2) is 38.6 Å². The number of hydrogen-bond acceptors (Lipinski definition) is 7. The minimum Gasteiger partial charge on any atom is -0.461 e. The molecule has 6 nitrogen and oxygen atoms in total. The number of ether oxygens (including phenoxy) is 1. The maximum absolute atomic E-state index is 12.3. The van der Waals surface area contributed by atoms with E-state index in [1.165, 1.54) is 17.8 Å². The number of carbonyl (C=O) groups excluding carboxylic acids is 1. The van der Waals surface area contributed by atoms with Crippen molar-refractivity contribution in [2.24, 2.45) is 0 Å². The normalized spacial score (nSPS) is 11.0. The summed E-state index contributed by atoms with van der Waals surface area (Å²) in [5, 5.41) is 1.51. The first-order valence-corrected chi connectivity index (χ1v) is 10.7. The lowest BCUT2D eigenvalue weighted by Gasteiger charge is -2.11. The summed E-state index contributed by atoms with van der Waals surface area (Å²) in [5.74, 6) is -0.329. The van der Waals surface area contributed by atoms with E-state index in [9.17, 15) is 9.59 Å². The second kappa shape index (κ2) is 9.22. The van der Waals surface area contributed by atoms with Crippen LogP contribution in [0.5, 0.6) is 0 Å². The fourth-order valence-corrected chi connectivity index (χ4v) is 3.69. The maximum Gasteiger partial charge on any atom is 0.336 e. The van der Waals surface area contributed by atoms with Gasteiger partial charge in [-0.1, -0.05) is 30.8 Å². The summed E-state index contributed by atoms with van der Waals surface area (Å²) in [6.07, 6.45) is 3.52. The van der Waals surface area contributed by atoms with Gasteiger partial charge in [0.25, 0.3) is 0 Å². The van der Waals surface area contributed by atoms with Gasteiger partial charge in [-0.25, -0.2) is 14.8 Å². The fraction of sp³-hybridized carbons (Fsp3) is 0.364. The monoisotopic (exact) mass is 412 g/mol. The number of hydrogen-bond donors (Lipinski definition) is 0. The lowest BCUT2D eigenvalue weighted by molar-refractivity contribution is -0.144. The number of esters is 1. The van der Waals surface area contributed by atoms with Gasteiger partial charge in [0.15, 0.2) is 5.16 Å². The number of thioether (sulfide) groups is 1. The molecule has 152 valence electrons. The van der Waals surface area contributed by atoms with E-state index in [0.717, 1.165) is 39.5 Å². The highest BCUT2D eigenvalue weighted by molar-refractivity contribution is 7.98. The van der Waals surface area contributed by atoms with Crippen molar-refractivity contribution in [2.75, 3.05) is 6.26 Å². The Bertz CT molecular complexity index is 1080. The Morgan fingerprint density at radius 1 is 1.17 bits per heavy atom. The molecule has 0 aliphatic carbocycles. The molecule has 0 fully saturated rings. The highest BCUT2D eigenvalue weighted by atomic mass is 32.2. The van der Waals surface area contributed by atoms with Crippen LogP contribution in [-0.2, 0) is 29.0 Å². The molecule has 0 amide bonds. The average Bonchev–Trinajstić information content (AvgIpc) is 2.70. The minimum absolute atomic E-state index is 0.0340. The Hall–Kier alpha value is -2.67. The zero-order chi connectivity index (χ0) is 21.0. The standard InChI is InChI=1S/C22H24N2O4S/c1-5-15-6-7-18-16(11-21(26)28-19(18)10-15)12-27-20(25)9-8-17-13(2)23-22(29-4)24-14(17)3/h6-7,10-11H,5,8-9,12H2,1-4H3. The molecule has 0 aliphatic heterocycles.